The van der Waals surface area contributed by atoms with Crippen molar-refractivity contribution in [2.24, 2.45) is 8.73 Å². The maximum absolute atomic E-state index is 12.9. The molecule has 0 spiro atoms. The first-order valence-corrected chi connectivity index (χ1v) is 12.5. The van der Waals surface area contributed by atoms with Crippen molar-refractivity contribution in [1.29, 1.82) is 0 Å². The molecule has 0 aliphatic rings. The Labute approximate surface area is 181 Å². The van der Waals surface area contributed by atoms with E-state index in [0.29, 0.717) is 22.9 Å². The van der Waals surface area contributed by atoms with Crippen LogP contribution in [0.25, 0.3) is 0 Å². The summed E-state index contributed by atoms with van der Waals surface area (Å²) in [5.74, 6) is 0. The van der Waals surface area contributed by atoms with Crippen LogP contribution in [0, 0.1) is 13.8 Å². The first-order valence-electron chi connectivity index (χ1n) is 9.63. The van der Waals surface area contributed by atoms with E-state index in [1.807, 2.05) is 50.1 Å². The normalized spacial score (nSPS) is 15.4. The quantitative estimate of drug-likeness (QED) is 0.548. The van der Waals surface area contributed by atoms with Gasteiger partial charge in [-0.1, -0.05) is 35.4 Å². The fourth-order valence-electron chi connectivity index (χ4n) is 2.60. The highest BCUT2D eigenvalue weighted by atomic mass is 32.2. The molecule has 0 saturated carbocycles. The van der Waals surface area contributed by atoms with Crippen LogP contribution < -0.4 is 0 Å². The van der Waals surface area contributed by atoms with E-state index in [1.165, 1.54) is 14.1 Å². The average molecular weight is 454 g/mol. The summed E-state index contributed by atoms with van der Waals surface area (Å²) in [4.78, 5) is 3.07. The lowest BCUT2D eigenvalue weighted by Gasteiger charge is -2.18. The van der Waals surface area contributed by atoms with Crippen molar-refractivity contribution in [3.8, 4) is 0 Å². The molecule has 0 aliphatic heterocycles. The largest absolute Gasteiger partial charge is 0.302 e. The summed E-state index contributed by atoms with van der Waals surface area (Å²) in [5.41, 5.74) is 2.16. The summed E-state index contributed by atoms with van der Waals surface area (Å²) in [6.07, 6.45) is 0. The number of nitrogens with zero attached hydrogens (tertiary/aromatic N) is 3. The molecule has 0 aromatic heterocycles. The second-order valence-corrected chi connectivity index (χ2v) is 10.9. The van der Waals surface area contributed by atoms with Crippen LogP contribution in [-0.4, -0.2) is 60.8 Å². The van der Waals surface area contributed by atoms with E-state index in [-0.39, 0.29) is 13.2 Å². The molecule has 7 nitrogen and oxygen atoms in total. The standard InChI is InChI=1S/C21H31N3O4S2/c1-18-6-10-20(11-7-18)29(25,22-3)27-16-14-24(5)15-17-28-30(26,23-4)21-12-8-19(2)9-13-21/h6-13H,14-17H2,1-5H3. The summed E-state index contributed by atoms with van der Waals surface area (Å²) < 4.78 is 45.1. The molecule has 0 saturated heterocycles. The zero-order valence-corrected chi connectivity index (χ0v) is 19.9. The van der Waals surface area contributed by atoms with Crippen molar-refractivity contribution in [2.75, 3.05) is 47.4 Å². The van der Waals surface area contributed by atoms with E-state index in [9.17, 15) is 8.42 Å². The van der Waals surface area contributed by atoms with E-state index in [1.54, 1.807) is 24.3 Å². The third-order valence-electron chi connectivity index (χ3n) is 4.55. The van der Waals surface area contributed by atoms with Crippen LogP contribution >= 0.6 is 0 Å². The van der Waals surface area contributed by atoms with Gasteiger partial charge in [-0.3, -0.25) is 8.37 Å². The van der Waals surface area contributed by atoms with Gasteiger partial charge in [0.15, 0.2) is 20.0 Å². The highest BCUT2D eigenvalue weighted by Gasteiger charge is 2.15. The zero-order valence-electron chi connectivity index (χ0n) is 18.2. The summed E-state index contributed by atoms with van der Waals surface area (Å²) >= 11 is 0. The van der Waals surface area contributed by atoms with E-state index < -0.39 is 20.0 Å². The molecular weight excluding hydrogens is 422 g/mol. The highest BCUT2D eigenvalue weighted by Crippen LogP contribution is 2.17. The Bertz CT molecular complexity index is 965. The van der Waals surface area contributed by atoms with Gasteiger partial charge in [-0.05, 0) is 45.2 Å². The van der Waals surface area contributed by atoms with Crippen molar-refractivity contribution < 1.29 is 16.8 Å². The fraction of sp³-hybridized carbons (Fsp3) is 0.429. The molecule has 2 aromatic carbocycles. The van der Waals surface area contributed by atoms with Crippen molar-refractivity contribution in [2.45, 2.75) is 23.6 Å². The van der Waals surface area contributed by atoms with E-state index >= 15 is 0 Å². The van der Waals surface area contributed by atoms with Crippen molar-refractivity contribution in [3.63, 3.8) is 0 Å². The minimum Gasteiger partial charge on any atom is -0.302 e. The smallest absolute Gasteiger partial charge is 0.193 e. The maximum atomic E-state index is 12.9. The fourth-order valence-corrected chi connectivity index (χ4v) is 5.06. The Hall–Kier alpha value is -1.78. The lowest BCUT2D eigenvalue weighted by Crippen LogP contribution is -2.28. The molecule has 0 radical (unpaired) electrons. The molecule has 0 fully saturated rings. The summed E-state index contributed by atoms with van der Waals surface area (Å²) in [5, 5.41) is 0. The topological polar surface area (TPSA) is 80.6 Å². The average Bonchev–Trinajstić information content (AvgIpc) is 2.74. The Morgan fingerprint density at radius 1 is 0.733 bits per heavy atom. The summed E-state index contributed by atoms with van der Waals surface area (Å²) in [6, 6.07) is 14.6. The van der Waals surface area contributed by atoms with E-state index in [2.05, 4.69) is 8.73 Å². The van der Waals surface area contributed by atoms with Gasteiger partial charge in [0.25, 0.3) is 0 Å². The molecule has 0 amide bonds. The molecular formula is C21H31N3O4S2. The molecule has 166 valence electrons. The molecule has 30 heavy (non-hydrogen) atoms. The molecule has 2 aromatic rings. The van der Waals surface area contributed by atoms with Gasteiger partial charge in [-0.2, -0.15) is 0 Å². The van der Waals surface area contributed by atoms with E-state index in [0.717, 1.165) is 11.1 Å². The van der Waals surface area contributed by atoms with Crippen molar-refractivity contribution in [1.82, 2.24) is 4.90 Å². The summed E-state index contributed by atoms with van der Waals surface area (Å²) in [6.45, 7) is 5.47. The molecule has 0 heterocycles. The molecule has 9 heteroatoms. The van der Waals surface area contributed by atoms with Crippen LogP contribution in [0.5, 0.6) is 0 Å². The van der Waals surface area contributed by atoms with Gasteiger partial charge >= 0.3 is 0 Å². The van der Waals surface area contributed by atoms with Crippen LogP contribution in [0.1, 0.15) is 11.1 Å². The van der Waals surface area contributed by atoms with Crippen molar-refractivity contribution >= 4 is 20.0 Å². The van der Waals surface area contributed by atoms with Crippen LogP contribution in [0.15, 0.2) is 67.0 Å². The number of hydrogen-bond donors (Lipinski definition) is 0. The van der Waals surface area contributed by atoms with Crippen LogP contribution in [-0.2, 0) is 28.4 Å². The van der Waals surface area contributed by atoms with Gasteiger partial charge in [-0.25, -0.2) is 17.1 Å². The van der Waals surface area contributed by atoms with Gasteiger partial charge in [0, 0.05) is 27.2 Å². The first-order chi connectivity index (χ1) is 14.2. The predicted octanol–water partition coefficient (Wildman–Crippen LogP) is 3.71. The Morgan fingerprint density at radius 3 is 1.37 bits per heavy atom. The SMILES string of the molecule is CN=S(=O)(OCCN(C)CCOS(=O)(=NC)c1ccc(C)cc1)c1ccc(C)cc1. The highest BCUT2D eigenvalue weighted by molar-refractivity contribution is 7.89. The van der Waals surface area contributed by atoms with Crippen LogP contribution in [0.2, 0.25) is 0 Å². The number of benzene rings is 2. The molecule has 0 aliphatic carbocycles. The monoisotopic (exact) mass is 453 g/mol. The Morgan fingerprint density at radius 2 is 1.07 bits per heavy atom. The van der Waals surface area contributed by atoms with Gasteiger partial charge in [0.05, 0.1) is 23.0 Å². The van der Waals surface area contributed by atoms with Crippen molar-refractivity contribution in [3.05, 3.63) is 59.7 Å². The van der Waals surface area contributed by atoms with Gasteiger partial charge in [-0.15, -0.1) is 0 Å². The summed E-state index contributed by atoms with van der Waals surface area (Å²) in [7, 11) is -0.918. The van der Waals surface area contributed by atoms with Gasteiger partial charge in [0.1, 0.15) is 0 Å². The van der Waals surface area contributed by atoms with Gasteiger partial charge < -0.3 is 4.90 Å². The Balaban J connectivity index is 1.85. The molecule has 2 unspecified atom stereocenters. The third-order valence-corrected chi connectivity index (χ3v) is 8.22. The second-order valence-electron chi connectivity index (χ2n) is 6.89. The maximum Gasteiger partial charge on any atom is 0.193 e. The van der Waals surface area contributed by atoms with E-state index in [4.69, 9.17) is 8.37 Å². The number of likely N-dealkylation sites (N-methyl/N-ethyl adjacent to an activating group) is 1. The Kier molecular flexibility index (Phi) is 8.99. The third kappa shape index (κ3) is 6.61. The molecule has 2 rings (SSSR count). The molecule has 0 bridgehead atoms. The van der Waals surface area contributed by atoms with Crippen LogP contribution in [0.4, 0.5) is 0 Å². The minimum absolute atomic E-state index is 0.242. The lowest BCUT2D eigenvalue weighted by atomic mass is 10.2. The molecule has 2 atom stereocenters. The van der Waals surface area contributed by atoms with Crippen LogP contribution in [0.3, 0.4) is 0 Å². The first kappa shape index (κ1) is 24.5. The second kappa shape index (κ2) is 11.0. The number of aryl methyl sites for hydroxylation is 2. The minimum atomic E-state index is -2.90. The predicted molar refractivity (Wildman–Crippen MR) is 121 cm³/mol. The number of hydrogen-bond acceptors (Lipinski definition) is 7. The zero-order chi connectivity index (χ0) is 22.2. The van der Waals surface area contributed by atoms with Gasteiger partial charge in [0.2, 0.25) is 0 Å². The lowest BCUT2D eigenvalue weighted by molar-refractivity contribution is 0.214. The number of rotatable bonds is 10. The molecule has 0 N–H and O–H groups in total.